The van der Waals surface area contributed by atoms with Crippen LogP contribution in [0, 0.1) is 10.1 Å². The lowest BCUT2D eigenvalue weighted by Crippen LogP contribution is -2.49. The zero-order valence-corrected chi connectivity index (χ0v) is 18.6. The second kappa shape index (κ2) is 9.92. The molecule has 1 amide bonds. The molecule has 3 aromatic rings. The van der Waals surface area contributed by atoms with E-state index in [-0.39, 0.29) is 17.3 Å². The Morgan fingerprint density at radius 3 is 2.34 bits per heavy atom. The summed E-state index contributed by atoms with van der Waals surface area (Å²) in [7, 11) is 0. The monoisotopic (exact) mass is 452 g/mol. The number of amides is 1. The van der Waals surface area contributed by atoms with Crippen molar-refractivity contribution in [3.8, 4) is 17.1 Å². The number of nitro benzene ring substituents is 1. The summed E-state index contributed by atoms with van der Waals surface area (Å²) in [6.07, 6.45) is 0. The van der Waals surface area contributed by atoms with Crippen LogP contribution in [0.25, 0.3) is 17.1 Å². The molecule has 0 saturated carbocycles. The number of rotatable bonds is 7. The van der Waals surface area contributed by atoms with E-state index in [1.54, 1.807) is 12.1 Å². The van der Waals surface area contributed by atoms with Crippen LogP contribution in [0.4, 0.5) is 5.69 Å². The lowest BCUT2D eigenvalue weighted by atomic mass is 10.2. The quantitative estimate of drug-likeness (QED) is 0.309. The summed E-state index contributed by atoms with van der Waals surface area (Å²) in [6, 6.07) is 15.9. The van der Waals surface area contributed by atoms with Crippen molar-refractivity contribution in [2.24, 2.45) is 0 Å². The Kier molecular flexibility index (Phi) is 6.81. The smallest absolute Gasteiger partial charge is 0.269 e. The summed E-state index contributed by atoms with van der Waals surface area (Å²) >= 11 is 1.35. The number of para-hydroxylation sites is 1. The summed E-state index contributed by atoms with van der Waals surface area (Å²) in [5.41, 5.74) is 1.58. The molecule has 1 fully saturated rings. The molecule has 1 aromatic heterocycles. The Hall–Kier alpha value is -3.24. The summed E-state index contributed by atoms with van der Waals surface area (Å²) in [5.74, 6) is 0.931. The van der Waals surface area contributed by atoms with E-state index < -0.39 is 4.92 Å². The highest BCUT2D eigenvalue weighted by atomic mass is 32.2. The molecule has 4 rings (SSSR count). The van der Waals surface area contributed by atoms with Gasteiger partial charge in [-0.1, -0.05) is 36.9 Å². The average molecular weight is 453 g/mol. The van der Waals surface area contributed by atoms with Crippen LogP contribution >= 0.6 is 11.8 Å². The molecular weight excluding hydrogens is 428 g/mol. The Bertz CT molecular complexity index is 1080. The normalized spacial score (nSPS) is 14.5. The van der Waals surface area contributed by atoms with E-state index in [0.717, 1.165) is 38.4 Å². The maximum Gasteiger partial charge on any atom is 0.269 e. The van der Waals surface area contributed by atoms with Crippen molar-refractivity contribution in [3.05, 3.63) is 64.7 Å². The number of nitrogens with zero attached hydrogens (tertiary/aromatic N) is 6. The SMILES string of the molecule is CCN1CCN(C(=O)CSc2nnc(-c3ccc([N+](=O)[O-])cc3)n2-c2ccccc2)CC1. The number of benzene rings is 2. The van der Waals surface area contributed by atoms with Crippen LogP contribution in [-0.2, 0) is 4.79 Å². The molecule has 10 heteroatoms. The first-order valence-corrected chi connectivity index (χ1v) is 11.4. The predicted octanol–water partition coefficient (Wildman–Crippen LogP) is 3.10. The van der Waals surface area contributed by atoms with Crippen LogP contribution in [0.1, 0.15) is 6.92 Å². The van der Waals surface area contributed by atoms with Gasteiger partial charge >= 0.3 is 0 Å². The molecule has 9 nitrogen and oxygen atoms in total. The van der Waals surface area contributed by atoms with Crippen molar-refractivity contribution in [1.82, 2.24) is 24.6 Å². The van der Waals surface area contributed by atoms with Gasteiger partial charge in [-0.2, -0.15) is 0 Å². The van der Waals surface area contributed by atoms with Crippen LogP contribution in [0.15, 0.2) is 59.8 Å². The first kappa shape index (κ1) is 22.0. The first-order valence-electron chi connectivity index (χ1n) is 10.5. The largest absolute Gasteiger partial charge is 0.339 e. The molecule has 32 heavy (non-hydrogen) atoms. The highest BCUT2D eigenvalue weighted by Gasteiger charge is 2.22. The molecule has 166 valence electrons. The van der Waals surface area contributed by atoms with E-state index in [2.05, 4.69) is 22.0 Å². The van der Waals surface area contributed by atoms with Gasteiger partial charge in [-0.15, -0.1) is 10.2 Å². The molecular formula is C22H24N6O3S. The fourth-order valence-electron chi connectivity index (χ4n) is 3.62. The van der Waals surface area contributed by atoms with Crippen LogP contribution in [0.3, 0.4) is 0 Å². The van der Waals surface area contributed by atoms with E-state index in [0.29, 0.717) is 16.5 Å². The molecule has 0 unspecified atom stereocenters. The molecule has 1 saturated heterocycles. The number of nitro groups is 1. The topological polar surface area (TPSA) is 97.4 Å². The highest BCUT2D eigenvalue weighted by Crippen LogP contribution is 2.29. The molecule has 0 N–H and O–H groups in total. The second-order valence-electron chi connectivity index (χ2n) is 7.38. The third-order valence-electron chi connectivity index (χ3n) is 5.48. The van der Waals surface area contributed by atoms with Gasteiger partial charge in [0.2, 0.25) is 5.91 Å². The van der Waals surface area contributed by atoms with E-state index in [4.69, 9.17) is 0 Å². The number of non-ortho nitro benzene ring substituents is 1. The zero-order valence-electron chi connectivity index (χ0n) is 17.8. The van der Waals surface area contributed by atoms with Gasteiger partial charge in [0, 0.05) is 49.6 Å². The van der Waals surface area contributed by atoms with Gasteiger partial charge < -0.3 is 9.80 Å². The van der Waals surface area contributed by atoms with E-state index >= 15 is 0 Å². The molecule has 1 aliphatic rings. The number of carbonyl (C=O) groups excluding carboxylic acids is 1. The van der Waals surface area contributed by atoms with Gasteiger partial charge in [-0.25, -0.2) is 0 Å². The van der Waals surface area contributed by atoms with Gasteiger partial charge in [0.1, 0.15) is 0 Å². The Labute approximate surface area is 190 Å². The van der Waals surface area contributed by atoms with Crippen LogP contribution in [0.2, 0.25) is 0 Å². The van der Waals surface area contributed by atoms with Crippen molar-refractivity contribution >= 4 is 23.4 Å². The van der Waals surface area contributed by atoms with Gasteiger partial charge in [-0.3, -0.25) is 19.5 Å². The third-order valence-corrected chi connectivity index (χ3v) is 6.39. The third kappa shape index (κ3) is 4.81. The lowest BCUT2D eigenvalue weighted by Gasteiger charge is -2.34. The maximum absolute atomic E-state index is 12.8. The zero-order chi connectivity index (χ0) is 22.5. The molecule has 0 spiro atoms. The van der Waals surface area contributed by atoms with E-state index in [1.807, 2.05) is 39.8 Å². The average Bonchev–Trinajstić information content (AvgIpc) is 3.27. The fraction of sp³-hybridized carbons (Fsp3) is 0.318. The van der Waals surface area contributed by atoms with E-state index in [1.165, 1.54) is 23.9 Å². The van der Waals surface area contributed by atoms with Gasteiger partial charge in [0.15, 0.2) is 11.0 Å². The maximum atomic E-state index is 12.8. The van der Waals surface area contributed by atoms with Crippen LogP contribution in [-0.4, -0.2) is 73.9 Å². The number of hydrogen-bond acceptors (Lipinski definition) is 7. The fourth-order valence-corrected chi connectivity index (χ4v) is 4.48. The molecule has 1 aliphatic heterocycles. The first-order chi connectivity index (χ1) is 15.6. The lowest BCUT2D eigenvalue weighted by molar-refractivity contribution is -0.384. The number of piperazine rings is 1. The molecule has 0 bridgehead atoms. The van der Waals surface area contributed by atoms with Gasteiger partial charge in [0.05, 0.1) is 10.7 Å². The number of aromatic nitrogens is 3. The molecule has 0 atom stereocenters. The minimum atomic E-state index is -0.432. The minimum Gasteiger partial charge on any atom is -0.339 e. The van der Waals surface area contributed by atoms with Crippen LogP contribution < -0.4 is 0 Å². The number of hydrogen-bond donors (Lipinski definition) is 0. The number of likely N-dealkylation sites (N-methyl/N-ethyl adjacent to an activating group) is 1. The molecule has 0 radical (unpaired) electrons. The minimum absolute atomic E-state index is 0.0166. The second-order valence-corrected chi connectivity index (χ2v) is 8.33. The van der Waals surface area contributed by atoms with Crippen molar-refractivity contribution in [1.29, 1.82) is 0 Å². The van der Waals surface area contributed by atoms with Crippen molar-refractivity contribution in [3.63, 3.8) is 0 Å². The number of thioether (sulfide) groups is 1. The molecule has 0 aliphatic carbocycles. The molecule has 2 aromatic carbocycles. The van der Waals surface area contributed by atoms with Crippen molar-refractivity contribution in [2.45, 2.75) is 12.1 Å². The number of carbonyl (C=O) groups is 1. The predicted molar refractivity (Wildman–Crippen MR) is 123 cm³/mol. The molecule has 2 heterocycles. The summed E-state index contributed by atoms with van der Waals surface area (Å²) in [4.78, 5) is 27.5. The van der Waals surface area contributed by atoms with Gasteiger partial charge in [-0.05, 0) is 30.8 Å². The van der Waals surface area contributed by atoms with Crippen molar-refractivity contribution in [2.75, 3.05) is 38.5 Å². The Balaban J connectivity index is 1.56. The Morgan fingerprint density at radius 2 is 1.72 bits per heavy atom. The van der Waals surface area contributed by atoms with Crippen molar-refractivity contribution < 1.29 is 9.72 Å². The van der Waals surface area contributed by atoms with Crippen LogP contribution in [0.5, 0.6) is 0 Å². The summed E-state index contributed by atoms with van der Waals surface area (Å²) in [5, 5.41) is 20.3. The van der Waals surface area contributed by atoms with E-state index in [9.17, 15) is 14.9 Å². The van der Waals surface area contributed by atoms with Gasteiger partial charge in [0.25, 0.3) is 5.69 Å². The summed E-state index contributed by atoms with van der Waals surface area (Å²) < 4.78 is 1.88. The summed E-state index contributed by atoms with van der Waals surface area (Å²) in [6.45, 7) is 6.42. The standard InChI is InChI=1S/C22H24N6O3S/c1-2-25-12-14-26(15-13-25)20(29)16-32-22-24-23-21(27(22)18-6-4-3-5-7-18)17-8-10-19(11-9-17)28(30)31/h3-11H,2,12-16H2,1H3. The Morgan fingerprint density at radius 1 is 1.03 bits per heavy atom. The highest BCUT2D eigenvalue weighted by molar-refractivity contribution is 7.99.